The quantitative estimate of drug-likeness (QED) is 0.389. The molecule has 1 aliphatic heterocycles. The predicted octanol–water partition coefficient (Wildman–Crippen LogP) is 4.72. The first-order chi connectivity index (χ1) is 16.5. The molecule has 4 aromatic rings. The van der Waals surface area contributed by atoms with Gasteiger partial charge in [0.15, 0.2) is 5.65 Å². The van der Waals surface area contributed by atoms with E-state index in [0.717, 1.165) is 23.3 Å². The van der Waals surface area contributed by atoms with E-state index in [2.05, 4.69) is 16.5 Å². The molecule has 0 radical (unpaired) electrons. The summed E-state index contributed by atoms with van der Waals surface area (Å²) in [6.45, 7) is 5.29. The fraction of sp³-hybridized carbons (Fsp3) is 0.250. The van der Waals surface area contributed by atoms with E-state index in [9.17, 15) is 4.79 Å². The van der Waals surface area contributed by atoms with Crippen molar-refractivity contribution < 1.29 is 9.53 Å². The maximum absolute atomic E-state index is 12.2. The first-order valence-corrected chi connectivity index (χ1v) is 12.2. The Morgan fingerprint density at radius 1 is 1.35 bits per heavy atom. The lowest BCUT2D eigenvalue weighted by molar-refractivity contribution is -0.127. The van der Waals surface area contributed by atoms with Crippen LogP contribution in [0.25, 0.3) is 22.3 Å². The van der Waals surface area contributed by atoms with Crippen LogP contribution in [0.15, 0.2) is 54.7 Å². The van der Waals surface area contributed by atoms with Crippen molar-refractivity contribution in [2.75, 3.05) is 18.8 Å². The molecule has 4 heterocycles. The second kappa shape index (κ2) is 9.44. The van der Waals surface area contributed by atoms with E-state index in [1.807, 2.05) is 40.4 Å². The van der Waals surface area contributed by atoms with Crippen molar-refractivity contribution in [3.63, 3.8) is 0 Å². The minimum Gasteiger partial charge on any atom is -0.487 e. The summed E-state index contributed by atoms with van der Waals surface area (Å²) in [4.78, 5) is 23.8. The molecule has 0 spiro atoms. The van der Waals surface area contributed by atoms with E-state index < -0.39 is 0 Å². The largest absolute Gasteiger partial charge is 0.487 e. The summed E-state index contributed by atoms with van der Waals surface area (Å²) in [6.07, 6.45) is 4.52. The lowest BCUT2D eigenvalue weighted by atomic mass is 10.1. The Balaban J connectivity index is 1.50. The molecule has 1 aliphatic rings. The number of carbonyl (C=O) groups is 1. The number of hydrogen-bond donors (Lipinski definition) is 1. The van der Waals surface area contributed by atoms with Crippen LogP contribution in [0.1, 0.15) is 23.8 Å². The van der Waals surface area contributed by atoms with Gasteiger partial charge in [-0.15, -0.1) is 11.3 Å². The molecular weight excluding hydrogens is 472 g/mol. The number of aromatic nitrogens is 4. The van der Waals surface area contributed by atoms with Gasteiger partial charge in [0, 0.05) is 23.5 Å². The Labute approximate surface area is 205 Å². The Morgan fingerprint density at radius 3 is 3.00 bits per heavy atom. The zero-order valence-electron chi connectivity index (χ0n) is 18.4. The molecule has 1 atom stereocenters. The van der Waals surface area contributed by atoms with Crippen LogP contribution < -0.4 is 10.5 Å². The maximum atomic E-state index is 12.2. The van der Waals surface area contributed by atoms with Gasteiger partial charge in [-0.3, -0.25) is 4.79 Å². The molecule has 0 bridgehead atoms. The van der Waals surface area contributed by atoms with Gasteiger partial charge in [0.1, 0.15) is 30.2 Å². The van der Waals surface area contributed by atoms with Gasteiger partial charge in [0.05, 0.1) is 16.5 Å². The number of halogens is 1. The van der Waals surface area contributed by atoms with E-state index in [1.54, 1.807) is 16.2 Å². The third-order valence-electron chi connectivity index (χ3n) is 5.90. The Morgan fingerprint density at radius 2 is 2.24 bits per heavy atom. The predicted molar refractivity (Wildman–Crippen MR) is 134 cm³/mol. The second-order valence-corrected chi connectivity index (χ2v) is 9.49. The van der Waals surface area contributed by atoms with Crippen molar-refractivity contribution >= 4 is 45.7 Å². The number of piperidine rings is 1. The molecule has 0 saturated carbocycles. The van der Waals surface area contributed by atoms with Crippen molar-refractivity contribution in [2.45, 2.75) is 25.5 Å². The summed E-state index contributed by atoms with van der Waals surface area (Å²) < 4.78 is 7.75. The van der Waals surface area contributed by atoms with Gasteiger partial charge in [-0.2, -0.15) is 5.10 Å². The van der Waals surface area contributed by atoms with Crippen LogP contribution in [0.5, 0.6) is 5.75 Å². The number of hydrogen-bond acceptors (Lipinski definition) is 7. The van der Waals surface area contributed by atoms with Crippen LogP contribution in [0.3, 0.4) is 0 Å². The summed E-state index contributed by atoms with van der Waals surface area (Å²) >= 11 is 8.20. The number of carbonyl (C=O) groups excluding carboxylic acids is 1. The van der Waals surface area contributed by atoms with Crippen LogP contribution in [0.4, 0.5) is 5.82 Å². The number of rotatable bonds is 6. The summed E-state index contributed by atoms with van der Waals surface area (Å²) in [5.41, 5.74) is 8.33. The van der Waals surface area contributed by atoms with Crippen LogP contribution in [0.2, 0.25) is 5.02 Å². The lowest BCUT2D eigenvalue weighted by Crippen LogP contribution is -2.40. The highest BCUT2D eigenvalue weighted by Crippen LogP contribution is 2.37. The molecule has 10 heteroatoms. The SMILES string of the molecule is C=CC(=O)N1CCC[C@@H](n2nc(-c3ccc(OCc4cccs4)c(Cl)c3)c3c(N)ncnc32)C1. The van der Waals surface area contributed by atoms with E-state index in [0.29, 0.717) is 53.0 Å². The topological polar surface area (TPSA) is 99.2 Å². The van der Waals surface area contributed by atoms with Crippen molar-refractivity contribution in [3.8, 4) is 17.0 Å². The van der Waals surface area contributed by atoms with Gasteiger partial charge in [-0.05, 0) is 48.6 Å². The Bertz CT molecular complexity index is 1350. The number of fused-ring (bicyclic) bond motifs is 1. The van der Waals surface area contributed by atoms with Crippen LogP contribution >= 0.6 is 22.9 Å². The number of thiophene rings is 1. The number of nitrogens with zero attached hydrogens (tertiary/aromatic N) is 5. The summed E-state index contributed by atoms with van der Waals surface area (Å²) in [6, 6.07) is 9.53. The van der Waals surface area contributed by atoms with Crippen molar-refractivity contribution in [3.05, 3.63) is 64.6 Å². The highest BCUT2D eigenvalue weighted by Gasteiger charge is 2.28. The smallest absolute Gasteiger partial charge is 0.246 e. The van der Waals surface area contributed by atoms with Crippen LogP contribution in [0, 0.1) is 0 Å². The summed E-state index contributed by atoms with van der Waals surface area (Å²) in [7, 11) is 0. The summed E-state index contributed by atoms with van der Waals surface area (Å²) in [5, 5.41) is 8.05. The van der Waals surface area contributed by atoms with Crippen LogP contribution in [-0.4, -0.2) is 43.6 Å². The first kappa shape index (κ1) is 22.4. The van der Waals surface area contributed by atoms with Crippen molar-refractivity contribution in [1.82, 2.24) is 24.6 Å². The lowest BCUT2D eigenvalue weighted by Gasteiger charge is -2.32. The highest BCUT2D eigenvalue weighted by atomic mass is 35.5. The van der Waals surface area contributed by atoms with E-state index in [1.165, 1.54) is 12.4 Å². The minimum absolute atomic E-state index is 0.0351. The van der Waals surface area contributed by atoms with Gasteiger partial charge in [0.2, 0.25) is 5.91 Å². The fourth-order valence-corrected chi connectivity index (χ4v) is 5.10. The number of nitrogens with two attached hydrogens (primary N) is 1. The van der Waals surface area contributed by atoms with Gasteiger partial charge in [0.25, 0.3) is 0 Å². The molecular formula is C24H23ClN6O2S. The van der Waals surface area contributed by atoms with Gasteiger partial charge in [-0.1, -0.05) is 24.2 Å². The molecule has 1 saturated heterocycles. The van der Waals surface area contributed by atoms with Crippen molar-refractivity contribution in [2.24, 2.45) is 0 Å². The Kier molecular flexibility index (Phi) is 6.21. The molecule has 2 N–H and O–H groups in total. The monoisotopic (exact) mass is 494 g/mol. The highest BCUT2D eigenvalue weighted by molar-refractivity contribution is 7.09. The first-order valence-electron chi connectivity index (χ1n) is 10.9. The zero-order valence-corrected chi connectivity index (χ0v) is 19.9. The molecule has 174 valence electrons. The number of likely N-dealkylation sites (tertiary alicyclic amines) is 1. The van der Waals surface area contributed by atoms with Gasteiger partial charge < -0.3 is 15.4 Å². The molecule has 34 heavy (non-hydrogen) atoms. The fourth-order valence-electron chi connectivity index (χ4n) is 4.24. The average Bonchev–Trinajstić information content (AvgIpc) is 3.51. The van der Waals surface area contributed by atoms with Gasteiger partial charge in [-0.25, -0.2) is 14.6 Å². The number of ether oxygens (including phenoxy) is 1. The summed E-state index contributed by atoms with van der Waals surface area (Å²) in [5.74, 6) is 0.855. The van der Waals surface area contributed by atoms with E-state index >= 15 is 0 Å². The van der Waals surface area contributed by atoms with Crippen molar-refractivity contribution in [1.29, 1.82) is 0 Å². The molecule has 1 aromatic carbocycles. The molecule has 1 amide bonds. The Hall–Kier alpha value is -3.43. The third kappa shape index (κ3) is 4.24. The molecule has 0 unspecified atom stereocenters. The molecule has 5 rings (SSSR count). The van der Waals surface area contributed by atoms with E-state index in [-0.39, 0.29) is 11.9 Å². The van der Waals surface area contributed by atoms with Crippen LogP contribution in [-0.2, 0) is 11.4 Å². The number of benzene rings is 1. The second-order valence-electron chi connectivity index (χ2n) is 8.05. The maximum Gasteiger partial charge on any atom is 0.246 e. The van der Waals surface area contributed by atoms with Gasteiger partial charge >= 0.3 is 0 Å². The normalized spacial score (nSPS) is 16.0. The molecule has 8 nitrogen and oxygen atoms in total. The zero-order chi connectivity index (χ0) is 23.7. The number of amides is 1. The molecule has 0 aliphatic carbocycles. The standard InChI is InChI=1S/C24H23ClN6O2S/c1-2-20(32)30-9-3-5-16(12-30)31-24-21(23(26)27-14-28-24)22(29-31)15-7-8-19(18(25)11-15)33-13-17-6-4-10-34-17/h2,4,6-8,10-11,14,16H,1,3,5,9,12-13H2,(H2,26,27,28)/t16-/m1/s1. The third-order valence-corrected chi connectivity index (χ3v) is 7.05. The average molecular weight is 495 g/mol. The molecule has 1 fully saturated rings. The van der Waals surface area contributed by atoms with E-state index in [4.69, 9.17) is 27.2 Å². The number of nitrogen functional groups attached to an aromatic ring is 1. The molecule has 3 aromatic heterocycles. The number of anilines is 1. The minimum atomic E-state index is -0.0829.